The molecule has 0 bridgehead atoms. The van der Waals surface area contributed by atoms with Crippen LogP contribution in [0, 0.1) is 5.92 Å². The maximum atomic E-state index is 12.2. The van der Waals surface area contributed by atoms with Gasteiger partial charge in [-0.05, 0) is 42.5 Å². The van der Waals surface area contributed by atoms with Gasteiger partial charge in [-0.3, -0.25) is 4.79 Å². The van der Waals surface area contributed by atoms with E-state index in [-0.39, 0.29) is 5.91 Å². The summed E-state index contributed by atoms with van der Waals surface area (Å²) in [6.07, 6.45) is 2.76. The molecular formula is C18H21BrN4O. The molecule has 1 N–H and O–H groups in total. The van der Waals surface area contributed by atoms with Crippen molar-refractivity contribution in [2.24, 2.45) is 5.92 Å². The second-order valence-corrected chi connectivity index (χ2v) is 7.14. The van der Waals surface area contributed by atoms with E-state index < -0.39 is 0 Å². The predicted molar refractivity (Wildman–Crippen MR) is 99.1 cm³/mol. The van der Waals surface area contributed by atoms with Gasteiger partial charge in [-0.1, -0.05) is 41.1 Å². The number of carbonyl (C=O) groups is 1. The first-order chi connectivity index (χ1) is 11.6. The number of rotatable bonds is 4. The van der Waals surface area contributed by atoms with E-state index in [9.17, 15) is 4.79 Å². The van der Waals surface area contributed by atoms with Crippen LogP contribution >= 0.6 is 15.9 Å². The van der Waals surface area contributed by atoms with Crippen LogP contribution in [0.3, 0.4) is 0 Å². The average molecular weight is 389 g/mol. The van der Waals surface area contributed by atoms with Crippen molar-refractivity contribution in [2.45, 2.75) is 26.2 Å². The summed E-state index contributed by atoms with van der Waals surface area (Å²) in [4.78, 5) is 14.4. The highest BCUT2D eigenvalue weighted by atomic mass is 79.9. The summed E-state index contributed by atoms with van der Waals surface area (Å²) in [5.41, 5.74) is 0.946. The Morgan fingerprint density at radius 3 is 2.83 bits per heavy atom. The number of hydrogen-bond donors (Lipinski definition) is 1. The molecule has 6 heteroatoms. The summed E-state index contributed by atoms with van der Waals surface area (Å²) in [6.45, 7) is 4.30. The zero-order valence-corrected chi connectivity index (χ0v) is 15.3. The Morgan fingerprint density at radius 2 is 2.12 bits per heavy atom. The van der Waals surface area contributed by atoms with Crippen LogP contribution in [0.1, 0.15) is 25.3 Å². The Balaban J connectivity index is 1.59. The lowest BCUT2D eigenvalue weighted by Gasteiger charge is -2.31. The summed E-state index contributed by atoms with van der Waals surface area (Å²) in [7, 11) is 0. The third-order valence-corrected chi connectivity index (χ3v) is 4.98. The second kappa shape index (κ2) is 7.75. The fourth-order valence-corrected chi connectivity index (χ4v) is 3.38. The van der Waals surface area contributed by atoms with Gasteiger partial charge in [0.1, 0.15) is 0 Å². The Kier molecular flexibility index (Phi) is 5.45. The van der Waals surface area contributed by atoms with Crippen molar-refractivity contribution >= 4 is 33.5 Å². The number of anilines is 2. The summed E-state index contributed by atoms with van der Waals surface area (Å²) in [5, 5.41) is 11.2. The number of halogens is 1. The van der Waals surface area contributed by atoms with Gasteiger partial charge in [0.05, 0.1) is 6.42 Å². The summed E-state index contributed by atoms with van der Waals surface area (Å²) in [6, 6.07) is 11.4. The van der Waals surface area contributed by atoms with Gasteiger partial charge in [-0.15, -0.1) is 10.2 Å². The molecule has 1 atom stereocenters. The molecule has 1 aliphatic heterocycles. The first-order valence-corrected chi connectivity index (χ1v) is 9.03. The first kappa shape index (κ1) is 16.9. The molecule has 3 rings (SSSR count). The van der Waals surface area contributed by atoms with E-state index in [0.717, 1.165) is 28.9 Å². The lowest BCUT2D eigenvalue weighted by molar-refractivity contribution is -0.115. The second-order valence-electron chi connectivity index (χ2n) is 6.29. The van der Waals surface area contributed by atoms with Crippen LogP contribution in [-0.4, -0.2) is 29.2 Å². The molecule has 1 aromatic heterocycles. The Morgan fingerprint density at radius 1 is 1.29 bits per heavy atom. The molecule has 1 unspecified atom stereocenters. The van der Waals surface area contributed by atoms with E-state index in [0.29, 0.717) is 18.2 Å². The van der Waals surface area contributed by atoms with E-state index in [1.165, 1.54) is 12.8 Å². The molecule has 1 saturated heterocycles. The number of benzene rings is 1. The van der Waals surface area contributed by atoms with Crippen LogP contribution in [0.2, 0.25) is 0 Å². The topological polar surface area (TPSA) is 58.1 Å². The van der Waals surface area contributed by atoms with Crippen molar-refractivity contribution in [2.75, 3.05) is 23.3 Å². The standard InChI is InChI=1S/C18H21BrN4O/c1-13-5-4-10-23(12-13)17-9-8-16(21-22-17)20-18(24)11-14-6-2-3-7-15(14)19/h2-3,6-9,13H,4-5,10-12H2,1H3,(H,20,21,24). The Labute approximate surface area is 150 Å². The molecule has 0 radical (unpaired) electrons. The van der Waals surface area contributed by atoms with Crippen LogP contribution in [0.15, 0.2) is 40.9 Å². The van der Waals surface area contributed by atoms with Gasteiger partial charge in [0.2, 0.25) is 5.91 Å². The summed E-state index contributed by atoms with van der Waals surface area (Å²) in [5.74, 6) is 1.95. The van der Waals surface area contributed by atoms with Crippen molar-refractivity contribution in [3.63, 3.8) is 0 Å². The van der Waals surface area contributed by atoms with E-state index >= 15 is 0 Å². The van der Waals surface area contributed by atoms with Crippen LogP contribution in [-0.2, 0) is 11.2 Å². The van der Waals surface area contributed by atoms with Gasteiger partial charge in [0.25, 0.3) is 0 Å². The average Bonchev–Trinajstić information content (AvgIpc) is 2.58. The van der Waals surface area contributed by atoms with Gasteiger partial charge in [0.15, 0.2) is 11.6 Å². The zero-order chi connectivity index (χ0) is 16.9. The van der Waals surface area contributed by atoms with Crippen LogP contribution < -0.4 is 10.2 Å². The smallest absolute Gasteiger partial charge is 0.230 e. The molecular weight excluding hydrogens is 368 g/mol. The highest BCUT2D eigenvalue weighted by Crippen LogP contribution is 2.21. The van der Waals surface area contributed by atoms with Gasteiger partial charge in [-0.25, -0.2) is 0 Å². The van der Waals surface area contributed by atoms with E-state index in [1.807, 2.05) is 36.4 Å². The molecule has 2 heterocycles. The van der Waals surface area contributed by atoms with E-state index in [1.54, 1.807) is 0 Å². The minimum Gasteiger partial charge on any atom is -0.355 e. The highest BCUT2D eigenvalue weighted by Gasteiger charge is 2.18. The number of nitrogens with one attached hydrogen (secondary N) is 1. The van der Waals surface area contributed by atoms with Crippen molar-refractivity contribution < 1.29 is 4.79 Å². The maximum absolute atomic E-state index is 12.2. The van der Waals surface area contributed by atoms with Gasteiger partial charge in [0, 0.05) is 17.6 Å². The van der Waals surface area contributed by atoms with Crippen LogP contribution in [0.25, 0.3) is 0 Å². The largest absolute Gasteiger partial charge is 0.355 e. The first-order valence-electron chi connectivity index (χ1n) is 8.24. The molecule has 0 aliphatic carbocycles. The van der Waals surface area contributed by atoms with Crippen molar-refractivity contribution in [1.82, 2.24) is 10.2 Å². The van der Waals surface area contributed by atoms with E-state index in [4.69, 9.17) is 0 Å². The molecule has 1 aliphatic rings. The van der Waals surface area contributed by atoms with Gasteiger partial charge >= 0.3 is 0 Å². The molecule has 0 spiro atoms. The lowest BCUT2D eigenvalue weighted by Crippen LogP contribution is -2.34. The minimum absolute atomic E-state index is 0.101. The normalized spacial score (nSPS) is 17.6. The number of nitrogens with zero attached hydrogens (tertiary/aromatic N) is 3. The van der Waals surface area contributed by atoms with Crippen molar-refractivity contribution in [1.29, 1.82) is 0 Å². The highest BCUT2D eigenvalue weighted by molar-refractivity contribution is 9.10. The van der Waals surface area contributed by atoms with Gasteiger partial charge < -0.3 is 10.2 Å². The minimum atomic E-state index is -0.101. The van der Waals surface area contributed by atoms with Crippen molar-refractivity contribution in [3.05, 3.63) is 46.4 Å². The predicted octanol–water partition coefficient (Wildman–Crippen LogP) is 3.66. The monoisotopic (exact) mass is 388 g/mol. The Hall–Kier alpha value is -1.95. The molecule has 126 valence electrons. The number of carbonyl (C=O) groups excluding carboxylic acids is 1. The quantitative estimate of drug-likeness (QED) is 0.867. The molecule has 1 amide bonds. The number of hydrogen-bond acceptors (Lipinski definition) is 4. The third kappa shape index (κ3) is 4.32. The molecule has 1 fully saturated rings. The summed E-state index contributed by atoms with van der Waals surface area (Å²) < 4.78 is 0.931. The molecule has 24 heavy (non-hydrogen) atoms. The number of aromatic nitrogens is 2. The lowest BCUT2D eigenvalue weighted by atomic mass is 10.0. The Bertz CT molecular complexity index is 704. The van der Waals surface area contributed by atoms with E-state index in [2.05, 4.69) is 43.3 Å². The van der Waals surface area contributed by atoms with Crippen molar-refractivity contribution in [3.8, 4) is 0 Å². The number of piperidine rings is 1. The SMILES string of the molecule is CC1CCCN(c2ccc(NC(=O)Cc3ccccc3Br)nn2)C1. The number of amides is 1. The fraction of sp³-hybridized carbons (Fsp3) is 0.389. The molecule has 1 aromatic carbocycles. The molecule has 2 aromatic rings. The summed E-state index contributed by atoms with van der Waals surface area (Å²) >= 11 is 3.46. The molecule has 5 nitrogen and oxygen atoms in total. The fourth-order valence-electron chi connectivity index (χ4n) is 2.96. The zero-order valence-electron chi connectivity index (χ0n) is 13.7. The van der Waals surface area contributed by atoms with Gasteiger partial charge in [-0.2, -0.15) is 0 Å². The molecule has 0 saturated carbocycles. The van der Waals surface area contributed by atoms with Crippen LogP contribution in [0.4, 0.5) is 11.6 Å². The third-order valence-electron chi connectivity index (χ3n) is 4.21. The van der Waals surface area contributed by atoms with Crippen LogP contribution in [0.5, 0.6) is 0 Å². The maximum Gasteiger partial charge on any atom is 0.230 e.